The number of rotatable bonds is 7. The zero-order chi connectivity index (χ0) is 12.0. The molecule has 1 aromatic rings. The summed E-state index contributed by atoms with van der Waals surface area (Å²) in [6.45, 7) is 10.1. The molecular weight excluding hydrogens is 214 g/mol. The van der Waals surface area contributed by atoms with Gasteiger partial charge in [0.2, 0.25) is 0 Å². The SMILES string of the molecule is CCNC(CC(CC)CC)c1cscc1C. The molecule has 1 rings (SSSR count). The van der Waals surface area contributed by atoms with E-state index in [1.165, 1.54) is 30.4 Å². The number of thiophene rings is 1. The van der Waals surface area contributed by atoms with Gasteiger partial charge in [0.05, 0.1) is 0 Å². The summed E-state index contributed by atoms with van der Waals surface area (Å²) in [6.07, 6.45) is 3.86. The Labute approximate surface area is 104 Å². The Bertz CT molecular complexity index is 289. The molecule has 1 atom stereocenters. The molecule has 0 radical (unpaired) electrons. The highest BCUT2D eigenvalue weighted by Crippen LogP contribution is 2.29. The van der Waals surface area contributed by atoms with Gasteiger partial charge in [0, 0.05) is 6.04 Å². The van der Waals surface area contributed by atoms with Crippen molar-refractivity contribution >= 4 is 11.3 Å². The Morgan fingerprint density at radius 2 is 1.88 bits per heavy atom. The van der Waals surface area contributed by atoms with Gasteiger partial charge >= 0.3 is 0 Å². The molecule has 0 bridgehead atoms. The van der Waals surface area contributed by atoms with Crippen molar-refractivity contribution in [3.63, 3.8) is 0 Å². The van der Waals surface area contributed by atoms with Crippen LogP contribution >= 0.6 is 11.3 Å². The zero-order valence-electron chi connectivity index (χ0n) is 11.0. The van der Waals surface area contributed by atoms with Crippen LogP contribution in [0.25, 0.3) is 0 Å². The monoisotopic (exact) mass is 239 g/mol. The van der Waals surface area contributed by atoms with Crippen LogP contribution in [0.1, 0.15) is 57.2 Å². The summed E-state index contributed by atoms with van der Waals surface area (Å²) >= 11 is 1.82. The van der Waals surface area contributed by atoms with Crippen molar-refractivity contribution < 1.29 is 0 Å². The molecular formula is C14H25NS. The van der Waals surface area contributed by atoms with Crippen LogP contribution in [0.2, 0.25) is 0 Å². The van der Waals surface area contributed by atoms with E-state index in [0.29, 0.717) is 6.04 Å². The lowest BCUT2D eigenvalue weighted by atomic mass is 9.91. The molecule has 1 nitrogen and oxygen atoms in total. The highest BCUT2D eigenvalue weighted by molar-refractivity contribution is 7.08. The zero-order valence-corrected chi connectivity index (χ0v) is 11.9. The second-order valence-corrected chi connectivity index (χ2v) is 5.28. The van der Waals surface area contributed by atoms with Crippen LogP contribution in [0.5, 0.6) is 0 Å². The fourth-order valence-electron chi connectivity index (χ4n) is 2.25. The summed E-state index contributed by atoms with van der Waals surface area (Å²) in [4.78, 5) is 0. The van der Waals surface area contributed by atoms with E-state index in [-0.39, 0.29) is 0 Å². The van der Waals surface area contributed by atoms with Crippen molar-refractivity contribution in [1.29, 1.82) is 0 Å². The first-order chi connectivity index (χ1) is 7.72. The van der Waals surface area contributed by atoms with E-state index in [1.807, 2.05) is 11.3 Å². The molecule has 1 aromatic heterocycles. The fourth-order valence-corrected chi connectivity index (χ4v) is 3.15. The van der Waals surface area contributed by atoms with Crippen LogP contribution in [-0.2, 0) is 0 Å². The van der Waals surface area contributed by atoms with Crippen LogP contribution in [0.15, 0.2) is 10.8 Å². The maximum absolute atomic E-state index is 3.63. The second kappa shape index (κ2) is 7.08. The highest BCUT2D eigenvalue weighted by Gasteiger charge is 2.17. The molecule has 0 saturated heterocycles. The predicted octanol–water partition coefficient (Wildman–Crippen LogP) is 4.53. The van der Waals surface area contributed by atoms with Crippen molar-refractivity contribution in [2.45, 2.75) is 53.0 Å². The van der Waals surface area contributed by atoms with Gasteiger partial charge in [-0.1, -0.05) is 33.6 Å². The molecule has 16 heavy (non-hydrogen) atoms. The van der Waals surface area contributed by atoms with Crippen LogP contribution in [0.3, 0.4) is 0 Å². The Morgan fingerprint density at radius 1 is 1.19 bits per heavy atom. The quantitative estimate of drug-likeness (QED) is 0.737. The van der Waals surface area contributed by atoms with E-state index in [1.54, 1.807) is 0 Å². The van der Waals surface area contributed by atoms with Crippen LogP contribution < -0.4 is 5.32 Å². The lowest BCUT2D eigenvalue weighted by Crippen LogP contribution is -2.23. The summed E-state index contributed by atoms with van der Waals surface area (Å²) in [5.41, 5.74) is 2.96. The number of hydrogen-bond donors (Lipinski definition) is 1. The fraction of sp³-hybridized carbons (Fsp3) is 0.714. The summed E-state index contributed by atoms with van der Waals surface area (Å²) < 4.78 is 0. The van der Waals surface area contributed by atoms with Crippen molar-refractivity contribution in [3.05, 3.63) is 21.9 Å². The van der Waals surface area contributed by atoms with E-state index in [0.717, 1.165) is 12.5 Å². The molecule has 0 amide bonds. The van der Waals surface area contributed by atoms with E-state index in [4.69, 9.17) is 0 Å². The van der Waals surface area contributed by atoms with E-state index in [2.05, 4.69) is 43.8 Å². The first kappa shape index (κ1) is 13.7. The van der Waals surface area contributed by atoms with Crippen LogP contribution in [0.4, 0.5) is 0 Å². The smallest absolute Gasteiger partial charge is 0.0333 e. The van der Waals surface area contributed by atoms with Gasteiger partial charge < -0.3 is 5.32 Å². The van der Waals surface area contributed by atoms with Crippen molar-refractivity contribution in [1.82, 2.24) is 5.32 Å². The minimum absolute atomic E-state index is 0.557. The number of aryl methyl sites for hydroxylation is 1. The molecule has 2 heteroatoms. The summed E-state index contributed by atoms with van der Waals surface area (Å²) in [7, 11) is 0. The second-order valence-electron chi connectivity index (χ2n) is 4.54. The molecule has 0 fully saturated rings. The average Bonchev–Trinajstić information content (AvgIpc) is 2.71. The number of nitrogens with one attached hydrogen (secondary N) is 1. The Morgan fingerprint density at radius 3 is 2.31 bits per heavy atom. The lowest BCUT2D eigenvalue weighted by Gasteiger charge is -2.23. The Balaban J connectivity index is 2.71. The van der Waals surface area contributed by atoms with Crippen LogP contribution in [-0.4, -0.2) is 6.54 Å². The normalized spacial score (nSPS) is 13.3. The predicted molar refractivity (Wildman–Crippen MR) is 74.2 cm³/mol. The molecule has 1 unspecified atom stereocenters. The van der Waals surface area contributed by atoms with Crippen molar-refractivity contribution in [3.8, 4) is 0 Å². The van der Waals surface area contributed by atoms with Gasteiger partial charge in [-0.2, -0.15) is 11.3 Å². The molecule has 1 heterocycles. The molecule has 0 aliphatic rings. The first-order valence-electron chi connectivity index (χ1n) is 6.48. The minimum Gasteiger partial charge on any atom is -0.310 e. The average molecular weight is 239 g/mol. The third kappa shape index (κ3) is 3.60. The molecule has 0 aromatic carbocycles. The Hall–Kier alpha value is -0.340. The molecule has 0 aliphatic heterocycles. The molecule has 0 aliphatic carbocycles. The minimum atomic E-state index is 0.557. The summed E-state index contributed by atoms with van der Waals surface area (Å²) in [5.74, 6) is 0.850. The van der Waals surface area contributed by atoms with E-state index in [9.17, 15) is 0 Å². The van der Waals surface area contributed by atoms with Gasteiger partial charge in [0.1, 0.15) is 0 Å². The van der Waals surface area contributed by atoms with Crippen molar-refractivity contribution in [2.75, 3.05) is 6.54 Å². The van der Waals surface area contributed by atoms with Gasteiger partial charge in [-0.05, 0) is 47.7 Å². The van der Waals surface area contributed by atoms with Gasteiger partial charge in [0.15, 0.2) is 0 Å². The van der Waals surface area contributed by atoms with Crippen LogP contribution in [0, 0.1) is 12.8 Å². The topological polar surface area (TPSA) is 12.0 Å². The summed E-state index contributed by atoms with van der Waals surface area (Å²) in [6, 6.07) is 0.557. The maximum Gasteiger partial charge on any atom is 0.0333 e. The third-order valence-electron chi connectivity index (χ3n) is 3.44. The molecule has 92 valence electrons. The molecule has 0 spiro atoms. The van der Waals surface area contributed by atoms with Gasteiger partial charge in [0.25, 0.3) is 0 Å². The number of hydrogen-bond acceptors (Lipinski definition) is 2. The summed E-state index contributed by atoms with van der Waals surface area (Å²) in [5, 5.41) is 8.20. The molecule has 1 N–H and O–H groups in total. The van der Waals surface area contributed by atoms with Gasteiger partial charge in [-0.15, -0.1) is 0 Å². The Kier molecular flexibility index (Phi) is 6.07. The van der Waals surface area contributed by atoms with E-state index < -0.39 is 0 Å². The lowest BCUT2D eigenvalue weighted by molar-refractivity contribution is 0.375. The highest BCUT2D eigenvalue weighted by atomic mass is 32.1. The third-order valence-corrected chi connectivity index (χ3v) is 4.32. The standard InChI is InChI=1S/C14H25NS/c1-5-12(6-2)8-14(15-7-3)13-10-16-9-11(13)4/h9-10,12,14-15H,5-8H2,1-4H3. The van der Waals surface area contributed by atoms with E-state index >= 15 is 0 Å². The van der Waals surface area contributed by atoms with Gasteiger partial charge in [-0.3, -0.25) is 0 Å². The van der Waals surface area contributed by atoms with Crippen molar-refractivity contribution in [2.24, 2.45) is 5.92 Å². The maximum atomic E-state index is 3.63. The molecule has 0 saturated carbocycles. The van der Waals surface area contributed by atoms with Gasteiger partial charge in [-0.25, -0.2) is 0 Å². The largest absolute Gasteiger partial charge is 0.310 e. The first-order valence-corrected chi connectivity index (χ1v) is 7.43.